The Morgan fingerprint density at radius 1 is 1.21 bits per heavy atom. The summed E-state index contributed by atoms with van der Waals surface area (Å²) in [5, 5.41) is 3.05. The molecule has 2 aromatic rings. The molecule has 1 aromatic carbocycles. The van der Waals surface area contributed by atoms with Crippen LogP contribution >= 0.6 is 47.8 Å². The SMILES string of the molecule is CNc1ncccc1COc1c(Br)cc(Br)cc1Br. The third-order valence-electron chi connectivity index (χ3n) is 2.46. The van der Waals surface area contributed by atoms with Crippen LogP contribution in [0.15, 0.2) is 43.9 Å². The summed E-state index contributed by atoms with van der Waals surface area (Å²) < 4.78 is 8.62. The number of pyridine rings is 1. The van der Waals surface area contributed by atoms with Crippen LogP contribution in [0.3, 0.4) is 0 Å². The van der Waals surface area contributed by atoms with Crippen molar-refractivity contribution in [1.82, 2.24) is 4.98 Å². The lowest BCUT2D eigenvalue weighted by molar-refractivity contribution is 0.302. The predicted molar refractivity (Wildman–Crippen MR) is 87.7 cm³/mol. The van der Waals surface area contributed by atoms with Crippen molar-refractivity contribution in [2.75, 3.05) is 12.4 Å². The second kappa shape index (κ2) is 6.72. The fourth-order valence-electron chi connectivity index (χ4n) is 1.60. The predicted octanol–water partition coefficient (Wildman–Crippen LogP) is 4.99. The summed E-state index contributed by atoms with van der Waals surface area (Å²) in [5.41, 5.74) is 1.01. The van der Waals surface area contributed by atoms with Crippen molar-refractivity contribution in [2.24, 2.45) is 0 Å². The van der Waals surface area contributed by atoms with Gasteiger partial charge in [0.2, 0.25) is 0 Å². The molecule has 0 amide bonds. The van der Waals surface area contributed by atoms with Crippen molar-refractivity contribution in [3.8, 4) is 5.75 Å². The molecule has 0 aliphatic rings. The maximum atomic E-state index is 5.86. The Morgan fingerprint density at radius 3 is 2.53 bits per heavy atom. The Kier molecular flexibility index (Phi) is 5.24. The highest BCUT2D eigenvalue weighted by Gasteiger charge is 2.10. The second-order valence-electron chi connectivity index (χ2n) is 3.75. The molecule has 0 unspecified atom stereocenters. The van der Waals surface area contributed by atoms with Gasteiger partial charge in [-0.1, -0.05) is 22.0 Å². The molecule has 3 nitrogen and oxygen atoms in total. The molecule has 100 valence electrons. The summed E-state index contributed by atoms with van der Waals surface area (Å²) in [6, 6.07) is 7.77. The summed E-state index contributed by atoms with van der Waals surface area (Å²) >= 11 is 10.4. The third-order valence-corrected chi connectivity index (χ3v) is 4.10. The van der Waals surface area contributed by atoms with Crippen LogP contribution in [0.5, 0.6) is 5.75 Å². The van der Waals surface area contributed by atoms with Crippen LogP contribution in [-0.2, 0) is 6.61 Å². The molecule has 1 heterocycles. The van der Waals surface area contributed by atoms with E-state index in [0.29, 0.717) is 6.61 Å². The van der Waals surface area contributed by atoms with Crippen LogP contribution in [0.1, 0.15) is 5.56 Å². The first-order chi connectivity index (χ1) is 9.11. The second-order valence-corrected chi connectivity index (χ2v) is 6.37. The summed E-state index contributed by atoms with van der Waals surface area (Å²) in [6.45, 7) is 0.447. The molecule has 0 aliphatic heterocycles. The van der Waals surface area contributed by atoms with Gasteiger partial charge in [-0.3, -0.25) is 0 Å². The monoisotopic (exact) mass is 448 g/mol. The van der Waals surface area contributed by atoms with Gasteiger partial charge in [-0.05, 0) is 50.1 Å². The normalized spacial score (nSPS) is 10.3. The van der Waals surface area contributed by atoms with Gasteiger partial charge in [-0.2, -0.15) is 0 Å². The van der Waals surface area contributed by atoms with Gasteiger partial charge in [0.05, 0.1) is 8.95 Å². The molecule has 0 bridgehead atoms. The fourth-order valence-corrected chi connectivity index (χ4v) is 4.08. The van der Waals surface area contributed by atoms with E-state index in [0.717, 1.165) is 30.5 Å². The van der Waals surface area contributed by atoms with Gasteiger partial charge in [0.15, 0.2) is 0 Å². The van der Waals surface area contributed by atoms with E-state index in [-0.39, 0.29) is 0 Å². The highest BCUT2D eigenvalue weighted by molar-refractivity contribution is 9.11. The quantitative estimate of drug-likeness (QED) is 0.712. The zero-order valence-electron chi connectivity index (χ0n) is 10.1. The first kappa shape index (κ1) is 14.8. The minimum Gasteiger partial charge on any atom is -0.486 e. The summed E-state index contributed by atoms with van der Waals surface area (Å²) in [6.07, 6.45) is 1.75. The summed E-state index contributed by atoms with van der Waals surface area (Å²) in [7, 11) is 1.84. The Hall–Kier alpha value is -0.590. The molecule has 0 spiro atoms. The van der Waals surface area contributed by atoms with Crippen molar-refractivity contribution in [3.63, 3.8) is 0 Å². The molecule has 0 radical (unpaired) electrons. The van der Waals surface area contributed by atoms with Crippen molar-refractivity contribution >= 4 is 53.6 Å². The molecule has 0 fully saturated rings. The van der Waals surface area contributed by atoms with E-state index in [4.69, 9.17) is 4.74 Å². The largest absolute Gasteiger partial charge is 0.486 e. The highest BCUT2D eigenvalue weighted by Crippen LogP contribution is 2.37. The highest BCUT2D eigenvalue weighted by atomic mass is 79.9. The molecule has 6 heteroatoms. The minimum atomic E-state index is 0.447. The Morgan fingerprint density at radius 2 is 1.89 bits per heavy atom. The number of nitrogens with one attached hydrogen (secondary N) is 1. The standard InChI is InChI=1S/C13H11Br3N2O/c1-17-13-8(3-2-4-18-13)7-19-12-10(15)5-9(14)6-11(12)16/h2-6H,7H2,1H3,(H,17,18). The number of hydrogen-bond donors (Lipinski definition) is 1. The zero-order valence-corrected chi connectivity index (χ0v) is 14.8. The number of ether oxygens (including phenoxy) is 1. The van der Waals surface area contributed by atoms with E-state index in [9.17, 15) is 0 Å². The number of rotatable bonds is 4. The van der Waals surface area contributed by atoms with E-state index in [1.54, 1.807) is 6.20 Å². The number of hydrogen-bond acceptors (Lipinski definition) is 3. The van der Waals surface area contributed by atoms with Gasteiger partial charge < -0.3 is 10.1 Å². The summed E-state index contributed by atoms with van der Waals surface area (Å²) in [5.74, 6) is 1.60. The van der Waals surface area contributed by atoms with E-state index >= 15 is 0 Å². The smallest absolute Gasteiger partial charge is 0.148 e. The van der Waals surface area contributed by atoms with Gasteiger partial charge in [0.1, 0.15) is 18.2 Å². The number of anilines is 1. The summed E-state index contributed by atoms with van der Waals surface area (Å²) in [4.78, 5) is 4.25. The minimum absolute atomic E-state index is 0.447. The molecular weight excluding hydrogens is 440 g/mol. The van der Waals surface area contributed by atoms with Crippen LogP contribution in [0.25, 0.3) is 0 Å². The first-order valence-corrected chi connectivity index (χ1v) is 7.88. The first-order valence-electron chi connectivity index (χ1n) is 5.51. The van der Waals surface area contributed by atoms with Crippen LogP contribution in [0.4, 0.5) is 5.82 Å². The average molecular weight is 451 g/mol. The van der Waals surface area contributed by atoms with Crippen LogP contribution in [-0.4, -0.2) is 12.0 Å². The van der Waals surface area contributed by atoms with Crippen LogP contribution in [0.2, 0.25) is 0 Å². The van der Waals surface area contributed by atoms with Crippen molar-refractivity contribution in [2.45, 2.75) is 6.61 Å². The maximum Gasteiger partial charge on any atom is 0.148 e. The van der Waals surface area contributed by atoms with Crippen molar-refractivity contribution < 1.29 is 4.74 Å². The lowest BCUT2D eigenvalue weighted by Gasteiger charge is -2.12. The van der Waals surface area contributed by atoms with E-state index in [2.05, 4.69) is 58.1 Å². The van der Waals surface area contributed by atoms with Crippen LogP contribution in [0, 0.1) is 0 Å². The fraction of sp³-hybridized carbons (Fsp3) is 0.154. The number of aromatic nitrogens is 1. The number of halogens is 3. The van der Waals surface area contributed by atoms with Gasteiger partial charge in [-0.15, -0.1) is 0 Å². The molecule has 19 heavy (non-hydrogen) atoms. The van der Waals surface area contributed by atoms with Gasteiger partial charge in [0.25, 0.3) is 0 Å². The molecular formula is C13H11Br3N2O. The number of benzene rings is 1. The Balaban J connectivity index is 2.19. The lowest BCUT2D eigenvalue weighted by atomic mass is 10.2. The molecule has 0 saturated heterocycles. The maximum absolute atomic E-state index is 5.86. The van der Waals surface area contributed by atoms with Crippen molar-refractivity contribution in [1.29, 1.82) is 0 Å². The van der Waals surface area contributed by atoms with Gasteiger partial charge in [-0.25, -0.2) is 4.98 Å². The zero-order chi connectivity index (χ0) is 13.8. The molecule has 2 rings (SSSR count). The van der Waals surface area contributed by atoms with Gasteiger partial charge >= 0.3 is 0 Å². The number of nitrogens with zero attached hydrogens (tertiary/aromatic N) is 1. The average Bonchev–Trinajstić information content (AvgIpc) is 2.38. The molecule has 1 N–H and O–H groups in total. The molecule has 1 aromatic heterocycles. The third kappa shape index (κ3) is 3.70. The molecule has 0 saturated carbocycles. The molecule has 0 atom stereocenters. The van der Waals surface area contributed by atoms with Crippen LogP contribution < -0.4 is 10.1 Å². The van der Waals surface area contributed by atoms with E-state index in [1.807, 2.05) is 31.3 Å². The Labute approximate surface area is 137 Å². The molecule has 0 aliphatic carbocycles. The van der Waals surface area contributed by atoms with E-state index in [1.165, 1.54) is 0 Å². The lowest BCUT2D eigenvalue weighted by Crippen LogP contribution is -2.03. The van der Waals surface area contributed by atoms with E-state index < -0.39 is 0 Å². The van der Waals surface area contributed by atoms with Gasteiger partial charge in [0, 0.05) is 23.3 Å². The topological polar surface area (TPSA) is 34.2 Å². The Bertz CT molecular complexity index is 567. The van der Waals surface area contributed by atoms with Crippen molar-refractivity contribution in [3.05, 3.63) is 49.4 Å².